The van der Waals surface area contributed by atoms with Crippen molar-refractivity contribution in [1.82, 2.24) is 0 Å². The van der Waals surface area contributed by atoms with Crippen LogP contribution in [0.1, 0.15) is 13.3 Å². The maximum absolute atomic E-state index is 9.96. The minimum atomic E-state index is -1.02. The number of carbonyl (C=O) groups is 1. The zero-order chi connectivity index (χ0) is 6.57. The molecule has 0 unspecified atom stereocenters. The van der Waals surface area contributed by atoms with Gasteiger partial charge in [-0.25, -0.2) is 10.7 Å². The molecular formula is C4H9NO3. The molecule has 4 nitrogen and oxygen atoms in total. The van der Waals surface area contributed by atoms with Gasteiger partial charge in [-0.2, -0.15) is 0 Å². The fraction of sp³-hybridized carbons (Fsp3) is 0.750. The topological polar surface area (TPSA) is 72.5 Å². The molecule has 0 heterocycles. The van der Waals surface area contributed by atoms with Crippen LogP contribution < -0.4 is 5.90 Å². The molecular weight excluding hydrogens is 110 g/mol. The normalized spacial score (nSPS) is 13.2. The lowest BCUT2D eigenvalue weighted by molar-refractivity contribution is -0.150. The number of nitrogens with two attached hydrogens (primary N) is 1. The highest BCUT2D eigenvalue weighted by Crippen LogP contribution is 1.91. The Morgan fingerprint density at radius 1 is 2.00 bits per heavy atom. The highest BCUT2D eigenvalue weighted by Gasteiger charge is 2.12. The van der Waals surface area contributed by atoms with Gasteiger partial charge in [-0.1, -0.05) is 6.92 Å². The maximum atomic E-state index is 9.96. The van der Waals surface area contributed by atoms with Gasteiger partial charge in [0.2, 0.25) is 0 Å². The SMILES string of the molecule is CC[C@@H](ON)C(=O)O. The van der Waals surface area contributed by atoms with Crippen LogP contribution >= 0.6 is 0 Å². The molecule has 8 heavy (non-hydrogen) atoms. The lowest BCUT2D eigenvalue weighted by Gasteiger charge is -2.03. The molecule has 4 heteroatoms. The lowest BCUT2D eigenvalue weighted by Crippen LogP contribution is -2.25. The molecule has 1 atom stereocenters. The Kier molecular flexibility index (Phi) is 3.14. The molecule has 0 aliphatic carbocycles. The summed E-state index contributed by atoms with van der Waals surface area (Å²) in [6.45, 7) is 1.69. The minimum Gasteiger partial charge on any atom is -0.479 e. The van der Waals surface area contributed by atoms with E-state index in [0.717, 1.165) is 0 Å². The first-order chi connectivity index (χ1) is 3.72. The van der Waals surface area contributed by atoms with Crippen LogP contribution in [-0.2, 0) is 9.63 Å². The third-order valence-corrected chi connectivity index (χ3v) is 0.810. The molecule has 0 saturated carbocycles. The van der Waals surface area contributed by atoms with Crippen molar-refractivity contribution in [2.75, 3.05) is 0 Å². The molecule has 0 rings (SSSR count). The summed E-state index contributed by atoms with van der Waals surface area (Å²) in [5, 5.41) is 8.17. The maximum Gasteiger partial charge on any atom is 0.334 e. The first-order valence-electron chi connectivity index (χ1n) is 2.30. The molecule has 0 fully saturated rings. The first kappa shape index (κ1) is 7.39. The molecule has 3 N–H and O–H groups in total. The largest absolute Gasteiger partial charge is 0.479 e. The van der Waals surface area contributed by atoms with Gasteiger partial charge in [0, 0.05) is 0 Å². The van der Waals surface area contributed by atoms with Crippen molar-refractivity contribution in [2.45, 2.75) is 19.4 Å². The van der Waals surface area contributed by atoms with E-state index in [-0.39, 0.29) is 0 Å². The van der Waals surface area contributed by atoms with E-state index < -0.39 is 12.1 Å². The van der Waals surface area contributed by atoms with Crippen LogP contribution in [0.5, 0.6) is 0 Å². The Morgan fingerprint density at radius 3 is 2.50 bits per heavy atom. The van der Waals surface area contributed by atoms with Crippen LogP contribution in [0.4, 0.5) is 0 Å². The van der Waals surface area contributed by atoms with Crippen molar-refractivity contribution < 1.29 is 14.7 Å². The molecule has 0 aromatic heterocycles. The standard InChI is InChI=1S/C4H9NO3/c1-2-3(8-5)4(6)7/h3H,2,5H2,1H3,(H,6,7)/t3-/m1/s1. The van der Waals surface area contributed by atoms with E-state index in [9.17, 15) is 4.79 Å². The number of carboxylic acid groups (broad SMARTS) is 1. The summed E-state index contributed by atoms with van der Waals surface area (Å²) in [4.78, 5) is 14.0. The van der Waals surface area contributed by atoms with Crippen LogP contribution in [-0.4, -0.2) is 17.2 Å². The van der Waals surface area contributed by atoms with Gasteiger partial charge in [-0.15, -0.1) is 0 Å². The fourth-order valence-corrected chi connectivity index (χ4v) is 0.329. The molecule has 48 valence electrons. The summed E-state index contributed by atoms with van der Waals surface area (Å²) in [5.74, 6) is 3.58. The van der Waals surface area contributed by atoms with E-state index in [1.165, 1.54) is 0 Å². The fourth-order valence-electron chi connectivity index (χ4n) is 0.329. The van der Waals surface area contributed by atoms with Gasteiger partial charge < -0.3 is 5.11 Å². The molecule has 0 aromatic carbocycles. The van der Waals surface area contributed by atoms with Gasteiger partial charge in [0.15, 0.2) is 6.10 Å². The van der Waals surface area contributed by atoms with Gasteiger partial charge in [-0.3, -0.25) is 4.84 Å². The second-order valence-corrected chi connectivity index (χ2v) is 1.37. The summed E-state index contributed by atoms with van der Waals surface area (Å²) in [6, 6.07) is 0. The Balaban J connectivity index is 3.52. The van der Waals surface area contributed by atoms with Crippen LogP contribution in [0.3, 0.4) is 0 Å². The molecule has 0 aliphatic rings. The summed E-state index contributed by atoms with van der Waals surface area (Å²) in [6.07, 6.45) is -0.457. The van der Waals surface area contributed by atoms with E-state index in [2.05, 4.69) is 10.7 Å². The second kappa shape index (κ2) is 3.40. The Hall–Kier alpha value is -0.610. The van der Waals surface area contributed by atoms with Crippen LogP contribution in [0, 0.1) is 0 Å². The lowest BCUT2D eigenvalue weighted by atomic mass is 10.3. The van der Waals surface area contributed by atoms with E-state index >= 15 is 0 Å². The number of hydrogen-bond donors (Lipinski definition) is 2. The Bertz CT molecular complexity index is 79.4. The molecule has 0 aliphatic heterocycles. The van der Waals surface area contributed by atoms with Gasteiger partial charge in [0.25, 0.3) is 0 Å². The van der Waals surface area contributed by atoms with Crippen LogP contribution in [0.2, 0.25) is 0 Å². The van der Waals surface area contributed by atoms with E-state index in [4.69, 9.17) is 5.11 Å². The highest BCUT2D eigenvalue weighted by atomic mass is 16.6. The zero-order valence-electron chi connectivity index (χ0n) is 4.63. The third kappa shape index (κ3) is 1.90. The van der Waals surface area contributed by atoms with Crippen molar-refractivity contribution >= 4 is 5.97 Å². The summed E-state index contributed by atoms with van der Waals surface area (Å²) in [5.41, 5.74) is 0. The van der Waals surface area contributed by atoms with Crippen molar-refractivity contribution in [1.29, 1.82) is 0 Å². The second-order valence-electron chi connectivity index (χ2n) is 1.37. The summed E-state index contributed by atoms with van der Waals surface area (Å²) < 4.78 is 0. The van der Waals surface area contributed by atoms with Gasteiger partial charge >= 0.3 is 5.97 Å². The average molecular weight is 119 g/mol. The van der Waals surface area contributed by atoms with Crippen molar-refractivity contribution in [3.05, 3.63) is 0 Å². The molecule has 0 amide bonds. The molecule has 0 aromatic rings. The van der Waals surface area contributed by atoms with Crippen LogP contribution in [0.15, 0.2) is 0 Å². The zero-order valence-corrected chi connectivity index (χ0v) is 4.63. The van der Waals surface area contributed by atoms with Gasteiger partial charge in [0.05, 0.1) is 0 Å². The summed E-state index contributed by atoms with van der Waals surface area (Å²) >= 11 is 0. The van der Waals surface area contributed by atoms with E-state index in [1.807, 2.05) is 0 Å². The first-order valence-corrected chi connectivity index (χ1v) is 2.30. The predicted octanol–water partition coefficient (Wildman–Crippen LogP) is -0.260. The predicted molar refractivity (Wildman–Crippen MR) is 27.0 cm³/mol. The number of hydrogen-bond acceptors (Lipinski definition) is 3. The number of rotatable bonds is 3. The van der Waals surface area contributed by atoms with Crippen molar-refractivity contribution in [2.24, 2.45) is 5.90 Å². The summed E-state index contributed by atoms with van der Waals surface area (Å²) in [7, 11) is 0. The Labute approximate surface area is 47.2 Å². The van der Waals surface area contributed by atoms with E-state index in [0.29, 0.717) is 6.42 Å². The number of aliphatic carboxylic acids is 1. The average Bonchev–Trinajstić information content (AvgIpc) is 1.69. The Morgan fingerprint density at radius 2 is 2.50 bits per heavy atom. The molecule has 0 bridgehead atoms. The monoisotopic (exact) mass is 119 g/mol. The minimum absolute atomic E-state index is 0.395. The van der Waals surface area contributed by atoms with Crippen LogP contribution in [0.25, 0.3) is 0 Å². The number of carboxylic acids is 1. The molecule has 0 spiro atoms. The molecule has 0 radical (unpaired) electrons. The van der Waals surface area contributed by atoms with Gasteiger partial charge in [-0.05, 0) is 6.42 Å². The van der Waals surface area contributed by atoms with Crippen molar-refractivity contribution in [3.8, 4) is 0 Å². The third-order valence-electron chi connectivity index (χ3n) is 0.810. The molecule has 0 saturated heterocycles. The smallest absolute Gasteiger partial charge is 0.334 e. The highest BCUT2D eigenvalue weighted by molar-refractivity contribution is 5.72. The van der Waals surface area contributed by atoms with Crippen molar-refractivity contribution in [3.63, 3.8) is 0 Å². The van der Waals surface area contributed by atoms with E-state index in [1.54, 1.807) is 6.92 Å². The van der Waals surface area contributed by atoms with Gasteiger partial charge in [0.1, 0.15) is 0 Å². The quantitative estimate of drug-likeness (QED) is 0.502.